The first-order valence-electron chi connectivity index (χ1n) is 5.71. The zero-order valence-electron chi connectivity index (χ0n) is 10.4. The Hall–Kier alpha value is -2.12. The predicted molar refractivity (Wildman–Crippen MR) is 68.5 cm³/mol. The molecule has 0 bridgehead atoms. The Labute approximate surface area is 105 Å². The maximum atomic E-state index is 9.08. The van der Waals surface area contributed by atoms with Crippen molar-refractivity contribution in [2.45, 2.75) is 13.8 Å². The highest BCUT2D eigenvalue weighted by atomic mass is 16.5. The van der Waals surface area contributed by atoms with E-state index in [-0.39, 0.29) is 13.2 Å². The fraction of sp³-hybridized carbons (Fsp3) is 0.286. The third kappa shape index (κ3) is 2.13. The normalized spacial score (nSPS) is 10.3. The summed E-state index contributed by atoms with van der Waals surface area (Å²) in [6.07, 6.45) is 1.51. The van der Waals surface area contributed by atoms with Gasteiger partial charge in [0.05, 0.1) is 12.1 Å². The Balaban J connectivity index is 2.72. The topological polar surface area (TPSA) is 66.1 Å². The summed E-state index contributed by atoms with van der Waals surface area (Å²) in [4.78, 5) is 4.30. The number of nitrogens with zero attached hydrogens (tertiary/aromatic N) is 2. The van der Waals surface area contributed by atoms with Gasteiger partial charge in [-0.25, -0.2) is 0 Å². The number of aryl methyl sites for hydroxylation is 2. The number of nitriles is 1. The number of benzene rings is 1. The average molecular weight is 242 g/mol. The number of hydrogen-bond donors (Lipinski definition) is 1. The van der Waals surface area contributed by atoms with Crippen LogP contribution in [-0.4, -0.2) is 23.3 Å². The molecule has 4 nitrogen and oxygen atoms in total. The molecule has 0 saturated carbocycles. The summed E-state index contributed by atoms with van der Waals surface area (Å²) in [5, 5.41) is 18.8. The molecule has 0 atom stereocenters. The molecule has 1 heterocycles. The molecule has 0 aliphatic heterocycles. The lowest BCUT2D eigenvalue weighted by Crippen LogP contribution is -2.04. The van der Waals surface area contributed by atoms with Crippen molar-refractivity contribution in [1.29, 1.82) is 5.26 Å². The van der Waals surface area contributed by atoms with Crippen molar-refractivity contribution in [3.05, 3.63) is 35.0 Å². The van der Waals surface area contributed by atoms with Crippen molar-refractivity contribution >= 4 is 10.9 Å². The van der Waals surface area contributed by atoms with Crippen LogP contribution in [0.3, 0.4) is 0 Å². The first-order chi connectivity index (χ1) is 8.67. The highest BCUT2D eigenvalue weighted by molar-refractivity contribution is 5.90. The molecule has 0 radical (unpaired) electrons. The average Bonchev–Trinajstić information content (AvgIpc) is 2.35. The van der Waals surface area contributed by atoms with Crippen LogP contribution in [0.2, 0.25) is 0 Å². The van der Waals surface area contributed by atoms with Crippen LogP contribution in [0.1, 0.15) is 16.7 Å². The van der Waals surface area contributed by atoms with E-state index >= 15 is 0 Å². The van der Waals surface area contributed by atoms with Gasteiger partial charge in [0.15, 0.2) is 0 Å². The lowest BCUT2D eigenvalue weighted by molar-refractivity contribution is 0.202. The maximum absolute atomic E-state index is 9.08. The van der Waals surface area contributed by atoms with Gasteiger partial charge in [-0.2, -0.15) is 5.26 Å². The Morgan fingerprint density at radius 2 is 2.17 bits per heavy atom. The summed E-state index contributed by atoms with van der Waals surface area (Å²) in [5.41, 5.74) is 3.35. The summed E-state index contributed by atoms with van der Waals surface area (Å²) in [7, 11) is 0. The Bertz CT molecular complexity index is 630. The smallest absolute Gasteiger partial charge is 0.148 e. The molecule has 4 heteroatoms. The number of fused-ring (bicyclic) bond motifs is 1. The van der Waals surface area contributed by atoms with E-state index in [4.69, 9.17) is 15.1 Å². The van der Waals surface area contributed by atoms with Crippen LogP contribution in [0.4, 0.5) is 0 Å². The third-order valence-electron chi connectivity index (χ3n) is 2.71. The van der Waals surface area contributed by atoms with Gasteiger partial charge in [0.1, 0.15) is 24.0 Å². The second kappa shape index (κ2) is 5.03. The van der Waals surface area contributed by atoms with Crippen LogP contribution in [0.5, 0.6) is 5.75 Å². The van der Waals surface area contributed by atoms with Crippen molar-refractivity contribution in [3.63, 3.8) is 0 Å². The van der Waals surface area contributed by atoms with Crippen LogP contribution in [0.25, 0.3) is 10.9 Å². The minimum Gasteiger partial charge on any atom is -0.489 e. The monoisotopic (exact) mass is 242 g/mol. The number of pyridine rings is 1. The molecular formula is C14H14N2O2. The van der Waals surface area contributed by atoms with E-state index in [1.165, 1.54) is 6.20 Å². The highest BCUT2D eigenvalue weighted by Gasteiger charge is 2.12. The van der Waals surface area contributed by atoms with Crippen molar-refractivity contribution in [1.82, 2.24) is 4.98 Å². The summed E-state index contributed by atoms with van der Waals surface area (Å²) >= 11 is 0. The molecule has 0 saturated heterocycles. The van der Waals surface area contributed by atoms with Gasteiger partial charge in [0.2, 0.25) is 0 Å². The zero-order valence-corrected chi connectivity index (χ0v) is 10.4. The van der Waals surface area contributed by atoms with Gasteiger partial charge in [-0.3, -0.25) is 4.98 Å². The Morgan fingerprint density at radius 1 is 1.39 bits per heavy atom. The molecule has 0 aliphatic rings. The lowest BCUT2D eigenvalue weighted by atomic mass is 10.0. The van der Waals surface area contributed by atoms with Gasteiger partial charge in [-0.1, -0.05) is 6.07 Å². The summed E-state index contributed by atoms with van der Waals surface area (Å²) < 4.78 is 5.49. The van der Waals surface area contributed by atoms with Crippen LogP contribution in [0.15, 0.2) is 18.3 Å². The Morgan fingerprint density at radius 3 is 2.83 bits per heavy atom. The fourth-order valence-electron chi connectivity index (χ4n) is 2.02. The maximum Gasteiger partial charge on any atom is 0.148 e. The van der Waals surface area contributed by atoms with E-state index < -0.39 is 0 Å². The van der Waals surface area contributed by atoms with Gasteiger partial charge in [0, 0.05) is 11.6 Å². The molecule has 2 aromatic rings. The van der Waals surface area contributed by atoms with E-state index in [0.29, 0.717) is 11.3 Å². The Kier molecular flexibility index (Phi) is 3.45. The van der Waals surface area contributed by atoms with Gasteiger partial charge in [0.25, 0.3) is 0 Å². The van der Waals surface area contributed by atoms with Crippen molar-refractivity contribution in [2.75, 3.05) is 13.2 Å². The first-order valence-corrected chi connectivity index (χ1v) is 5.71. The second-order valence-electron chi connectivity index (χ2n) is 4.16. The van der Waals surface area contributed by atoms with Gasteiger partial charge in [-0.15, -0.1) is 0 Å². The molecule has 0 unspecified atom stereocenters. The van der Waals surface area contributed by atoms with Crippen molar-refractivity contribution < 1.29 is 9.84 Å². The lowest BCUT2D eigenvalue weighted by Gasteiger charge is -2.11. The minimum atomic E-state index is -0.0838. The number of aromatic nitrogens is 1. The first kappa shape index (κ1) is 12.3. The molecule has 0 aliphatic carbocycles. The van der Waals surface area contributed by atoms with Gasteiger partial charge >= 0.3 is 0 Å². The minimum absolute atomic E-state index is 0.0838. The van der Waals surface area contributed by atoms with Gasteiger partial charge in [-0.05, 0) is 31.0 Å². The SMILES string of the molecule is Cc1cc(C)c2ncc(C#N)c(OCCO)c2c1. The highest BCUT2D eigenvalue weighted by Crippen LogP contribution is 2.30. The molecule has 18 heavy (non-hydrogen) atoms. The molecule has 1 aromatic carbocycles. The predicted octanol–water partition coefficient (Wildman–Crippen LogP) is 2.09. The van der Waals surface area contributed by atoms with E-state index in [1.807, 2.05) is 26.0 Å². The molecule has 92 valence electrons. The van der Waals surface area contributed by atoms with E-state index in [2.05, 4.69) is 11.1 Å². The third-order valence-corrected chi connectivity index (χ3v) is 2.71. The number of rotatable bonds is 3. The quantitative estimate of drug-likeness (QED) is 0.895. The number of hydrogen-bond acceptors (Lipinski definition) is 4. The standard InChI is InChI=1S/C14H14N2O2/c1-9-5-10(2)13-12(6-9)14(18-4-3-17)11(7-15)8-16-13/h5-6,8,17H,3-4H2,1-2H3. The molecule has 1 aromatic heterocycles. The van der Waals surface area contributed by atoms with Crippen molar-refractivity contribution in [2.24, 2.45) is 0 Å². The summed E-state index contributed by atoms with van der Waals surface area (Å²) in [5.74, 6) is 0.503. The molecule has 0 fully saturated rings. The van der Waals surface area contributed by atoms with Crippen LogP contribution >= 0.6 is 0 Å². The molecule has 0 spiro atoms. The molecule has 0 amide bonds. The number of ether oxygens (including phenoxy) is 1. The fourth-order valence-corrected chi connectivity index (χ4v) is 2.02. The number of aliphatic hydroxyl groups excluding tert-OH is 1. The van der Waals surface area contributed by atoms with Crippen LogP contribution < -0.4 is 4.74 Å². The summed E-state index contributed by atoms with van der Waals surface area (Å²) in [6.45, 7) is 4.05. The molecule has 2 rings (SSSR count). The number of aliphatic hydroxyl groups is 1. The van der Waals surface area contributed by atoms with Crippen LogP contribution in [0, 0.1) is 25.2 Å². The van der Waals surface area contributed by atoms with E-state index in [1.54, 1.807) is 0 Å². The zero-order chi connectivity index (χ0) is 13.1. The molecular weight excluding hydrogens is 228 g/mol. The molecule has 1 N–H and O–H groups in total. The van der Waals surface area contributed by atoms with Crippen molar-refractivity contribution in [3.8, 4) is 11.8 Å². The second-order valence-corrected chi connectivity index (χ2v) is 4.16. The van der Waals surface area contributed by atoms with Crippen LogP contribution in [-0.2, 0) is 0 Å². The largest absolute Gasteiger partial charge is 0.489 e. The van der Waals surface area contributed by atoms with Gasteiger partial charge < -0.3 is 9.84 Å². The summed E-state index contributed by atoms with van der Waals surface area (Å²) in [6, 6.07) is 6.05. The van der Waals surface area contributed by atoms with E-state index in [9.17, 15) is 0 Å². The van der Waals surface area contributed by atoms with E-state index in [0.717, 1.165) is 22.0 Å².